The summed E-state index contributed by atoms with van der Waals surface area (Å²) in [6.45, 7) is 3.98. The molecule has 0 saturated carbocycles. The van der Waals surface area contributed by atoms with Crippen molar-refractivity contribution in [2.45, 2.75) is 49.7 Å². The maximum Gasteiger partial charge on any atom is 0.182 e. The Bertz CT molecular complexity index is 494. The van der Waals surface area contributed by atoms with Crippen molar-refractivity contribution in [3.8, 4) is 0 Å². The second-order valence-electron chi connectivity index (χ2n) is 4.43. The minimum Gasteiger partial charge on any atom is -0.399 e. The topological polar surface area (TPSA) is 60.2 Å². The lowest BCUT2D eigenvalue weighted by Gasteiger charge is -2.17. The molecule has 0 aromatic heterocycles. The zero-order chi connectivity index (χ0) is 13.8. The molecule has 18 heavy (non-hydrogen) atoms. The first-order chi connectivity index (χ1) is 8.43. The summed E-state index contributed by atoms with van der Waals surface area (Å²) in [4.78, 5) is 0.199. The van der Waals surface area contributed by atoms with E-state index in [9.17, 15) is 8.42 Å². The Morgan fingerprint density at radius 2 is 1.78 bits per heavy atom. The third kappa shape index (κ3) is 3.39. The molecule has 0 aliphatic carbocycles. The van der Waals surface area contributed by atoms with Gasteiger partial charge in [0.05, 0.1) is 15.2 Å². The van der Waals surface area contributed by atoms with Crippen molar-refractivity contribution < 1.29 is 8.42 Å². The van der Waals surface area contributed by atoms with E-state index in [2.05, 4.69) is 0 Å². The Labute approximate surface area is 114 Å². The largest absolute Gasteiger partial charge is 0.399 e. The van der Waals surface area contributed by atoms with Gasteiger partial charge in [0, 0.05) is 5.69 Å². The fourth-order valence-electron chi connectivity index (χ4n) is 2.03. The maximum atomic E-state index is 12.5. The Hall–Kier alpha value is -0.740. The van der Waals surface area contributed by atoms with Gasteiger partial charge in [0.25, 0.3) is 0 Å². The van der Waals surface area contributed by atoms with E-state index in [0.717, 1.165) is 12.8 Å². The van der Waals surface area contributed by atoms with Crippen molar-refractivity contribution in [3.63, 3.8) is 0 Å². The standard InChI is InChI=1S/C13H20ClNO2S/c1-3-5-11(6-4-2)18(16,17)13-8-7-10(15)9-12(13)14/h7-9,11H,3-6,15H2,1-2H3. The number of sulfone groups is 1. The summed E-state index contributed by atoms with van der Waals surface area (Å²) in [5.74, 6) is 0. The van der Waals surface area contributed by atoms with Crippen LogP contribution in [-0.2, 0) is 9.84 Å². The van der Waals surface area contributed by atoms with Gasteiger partial charge in [-0.25, -0.2) is 8.42 Å². The first-order valence-electron chi connectivity index (χ1n) is 6.22. The summed E-state index contributed by atoms with van der Waals surface area (Å²) in [5, 5.41) is -0.138. The quantitative estimate of drug-likeness (QED) is 0.813. The number of hydrogen-bond acceptors (Lipinski definition) is 3. The molecule has 0 unspecified atom stereocenters. The fourth-order valence-corrected chi connectivity index (χ4v) is 4.58. The fraction of sp³-hybridized carbons (Fsp3) is 0.538. The van der Waals surface area contributed by atoms with Crippen LogP contribution >= 0.6 is 11.6 Å². The van der Waals surface area contributed by atoms with E-state index in [0.29, 0.717) is 18.5 Å². The van der Waals surface area contributed by atoms with Crippen LogP contribution < -0.4 is 5.73 Å². The highest BCUT2D eigenvalue weighted by atomic mass is 35.5. The Morgan fingerprint density at radius 1 is 1.22 bits per heavy atom. The average Bonchev–Trinajstić information content (AvgIpc) is 2.28. The van der Waals surface area contributed by atoms with Gasteiger partial charge in [-0.2, -0.15) is 0 Å². The molecule has 2 N–H and O–H groups in total. The lowest BCUT2D eigenvalue weighted by molar-refractivity contribution is 0.555. The molecule has 1 aromatic rings. The predicted molar refractivity (Wildman–Crippen MR) is 76.7 cm³/mol. The lowest BCUT2D eigenvalue weighted by Crippen LogP contribution is -2.21. The molecule has 0 heterocycles. The zero-order valence-corrected chi connectivity index (χ0v) is 12.4. The van der Waals surface area contributed by atoms with Crippen LogP contribution in [0, 0.1) is 0 Å². The predicted octanol–water partition coefficient (Wildman–Crippen LogP) is 3.66. The lowest BCUT2D eigenvalue weighted by atomic mass is 10.2. The van der Waals surface area contributed by atoms with Crippen LogP contribution in [0.25, 0.3) is 0 Å². The third-order valence-corrected chi connectivity index (χ3v) is 5.67. The Balaban J connectivity index is 3.17. The van der Waals surface area contributed by atoms with Crippen LogP contribution in [0.4, 0.5) is 5.69 Å². The van der Waals surface area contributed by atoms with Crippen molar-refractivity contribution in [3.05, 3.63) is 23.2 Å². The van der Waals surface area contributed by atoms with E-state index in [4.69, 9.17) is 17.3 Å². The first kappa shape index (κ1) is 15.3. The first-order valence-corrected chi connectivity index (χ1v) is 8.14. The van der Waals surface area contributed by atoms with E-state index >= 15 is 0 Å². The van der Waals surface area contributed by atoms with Crippen molar-refractivity contribution in [2.75, 3.05) is 5.73 Å². The van der Waals surface area contributed by atoms with Gasteiger partial charge < -0.3 is 5.73 Å². The monoisotopic (exact) mass is 289 g/mol. The third-order valence-electron chi connectivity index (χ3n) is 2.92. The Morgan fingerprint density at radius 3 is 2.22 bits per heavy atom. The van der Waals surface area contributed by atoms with Crippen molar-refractivity contribution in [1.29, 1.82) is 0 Å². The summed E-state index contributed by atoms with van der Waals surface area (Å²) >= 11 is 6.00. The highest BCUT2D eigenvalue weighted by molar-refractivity contribution is 7.92. The van der Waals surface area contributed by atoms with Gasteiger partial charge in [-0.15, -0.1) is 0 Å². The van der Waals surface area contributed by atoms with Crippen LogP contribution in [0.1, 0.15) is 39.5 Å². The number of rotatable bonds is 6. The molecule has 0 bridgehead atoms. The second kappa shape index (κ2) is 6.43. The van der Waals surface area contributed by atoms with E-state index in [-0.39, 0.29) is 15.2 Å². The van der Waals surface area contributed by atoms with E-state index in [1.54, 1.807) is 6.07 Å². The minimum atomic E-state index is -3.36. The van der Waals surface area contributed by atoms with Gasteiger partial charge in [-0.1, -0.05) is 38.3 Å². The van der Waals surface area contributed by atoms with Crippen LogP contribution in [0.5, 0.6) is 0 Å². The molecular weight excluding hydrogens is 270 g/mol. The van der Waals surface area contributed by atoms with E-state index in [1.165, 1.54) is 12.1 Å². The molecule has 1 aromatic carbocycles. The van der Waals surface area contributed by atoms with Crippen LogP contribution in [0.15, 0.2) is 23.1 Å². The molecule has 3 nitrogen and oxygen atoms in total. The summed E-state index contributed by atoms with van der Waals surface area (Å²) in [7, 11) is -3.36. The molecule has 0 aliphatic heterocycles. The molecule has 0 fully saturated rings. The smallest absolute Gasteiger partial charge is 0.182 e. The second-order valence-corrected chi connectivity index (χ2v) is 7.04. The molecule has 0 spiro atoms. The molecular formula is C13H20ClNO2S. The van der Waals surface area contributed by atoms with Gasteiger partial charge in [-0.05, 0) is 31.0 Å². The van der Waals surface area contributed by atoms with E-state index in [1.807, 2.05) is 13.8 Å². The van der Waals surface area contributed by atoms with Crippen LogP contribution in [0.3, 0.4) is 0 Å². The minimum absolute atomic E-state index is 0.199. The number of halogens is 1. The highest BCUT2D eigenvalue weighted by Crippen LogP contribution is 2.30. The number of hydrogen-bond donors (Lipinski definition) is 1. The number of benzene rings is 1. The number of nitrogen functional groups attached to an aromatic ring is 1. The summed E-state index contributed by atoms with van der Waals surface area (Å²) in [6, 6.07) is 4.57. The van der Waals surface area contributed by atoms with Gasteiger partial charge in [0.1, 0.15) is 0 Å². The SMILES string of the molecule is CCCC(CCC)S(=O)(=O)c1ccc(N)cc1Cl. The highest BCUT2D eigenvalue weighted by Gasteiger charge is 2.27. The summed E-state index contributed by atoms with van der Waals surface area (Å²) in [5.41, 5.74) is 6.06. The molecule has 1 rings (SSSR count). The molecule has 0 radical (unpaired) electrons. The summed E-state index contributed by atoms with van der Waals surface area (Å²) in [6.07, 6.45) is 3.01. The molecule has 0 amide bonds. The van der Waals surface area contributed by atoms with Crippen LogP contribution in [-0.4, -0.2) is 13.7 Å². The van der Waals surface area contributed by atoms with Crippen molar-refractivity contribution >= 4 is 27.1 Å². The zero-order valence-electron chi connectivity index (χ0n) is 10.8. The molecule has 0 aliphatic rings. The molecule has 102 valence electrons. The molecule has 0 atom stereocenters. The molecule has 5 heteroatoms. The Kier molecular flexibility index (Phi) is 5.47. The normalized spacial score (nSPS) is 12.0. The van der Waals surface area contributed by atoms with Gasteiger partial charge in [-0.3, -0.25) is 0 Å². The van der Waals surface area contributed by atoms with E-state index < -0.39 is 9.84 Å². The average molecular weight is 290 g/mol. The summed E-state index contributed by atoms with van der Waals surface area (Å²) < 4.78 is 25.0. The number of nitrogens with two attached hydrogens (primary N) is 1. The van der Waals surface area contributed by atoms with Gasteiger partial charge >= 0.3 is 0 Å². The molecule has 0 saturated heterocycles. The van der Waals surface area contributed by atoms with Crippen molar-refractivity contribution in [2.24, 2.45) is 0 Å². The number of anilines is 1. The maximum absolute atomic E-state index is 12.5. The van der Waals surface area contributed by atoms with Crippen molar-refractivity contribution in [1.82, 2.24) is 0 Å². The van der Waals surface area contributed by atoms with Gasteiger partial charge in [0.15, 0.2) is 9.84 Å². The van der Waals surface area contributed by atoms with Gasteiger partial charge in [0.2, 0.25) is 0 Å². The van der Waals surface area contributed by atoms with Crippen LogP contribution in [0.2, 0.25) is 5.02 Å².